The van der Waals surface area contributed by atoms with Crippen LogP contribution in [0.1, 0.15) is 19.3 Å². The zero-order valence-electron chi connectivity index (χ0n) is 11.3. The maximum Gasteiger partial charge on any atom is 0.342 e. The van der Waals surface area contributed by atoms with Gasteiger partial charge in [0.05, 0.1) is 6.54 Å². The van der Waals surface area contributed by atoms with Crippen LogP contribution in [0.15, 0.2) is 26.8 Å². The normalized spacial score (nSPS) is 17.8. The van der Waals surface area contributed by atoms with E-state index < -0.39 is 17.2 Å². The van der Waals surface area contributed by atoms with Crippen molar-refractivity contribution >= 4 is 17.9 Å². The highest BCUT2D eigenvalue weighted by Crippen LogP contribution is 2.15. The first-order chi connectivity index (χ1) is 10.1. The van der Waals surface area contributed by atoms with Crippen LogP contribution in [0.25, 0.3) is 0 Å². The van der Waals surface area contributed by atoms with Gasteiger partial charge in [0, 0.05) is 6.21 Å². The molecule has 1 aromatic rings. The first kappa shape index (κ1) is 14.7. The Hall–Kier alpha value is -2.71. The highest BCUT2D eigenvalue weighted by Gasteiger charge is 2.07. The Morgan fingerprint density at radius 2 is 2.33 bits per heavy atom. The van der Waals surface area contributed by atoms with Gasteiger partial charge in [-0.05, 0) is 25.2 Å². The van der Waals surface area contributed by atoms with E-state index in [1.807, 2.05) is 4.98 Å². The fraction of sp³-hybridized carbons (Fsp3) is 0.417. The maximum atomic E-state index is 11.5. The average Bonchev–Trinajstić information content (AvgIpc) is 2.47. The van der Waals surface area contributed by atoms with Crippen molar-refractivity contribution in [2.24, 2.45) is 11.0 Å². The molecule has 0 fully saturated rings. The number of allylic oxidation sites excluding steroid dienone is 2. The molecule has 0 bridgehead atoms. The molecule has 21 heavy (non-hydrogen) atoms. The predicted octanol–water partition coefficient (Wildman–Crippen LogP) is -0.672. The molecule has 2 rings (SSSR count). The number of carbonyl (C=O) groups excluding carboxylic acids is 1. The van der Waals surface area contributed by atoms with Gasteiger partial charge in [0.1, 0.15) is 0 Å². The number of carbonyl (C=O) groups is 1. The van der Waals surface area contributed by atoms with E-state index in [0.717, 1.165) is 19.3 Å². The summed E-state index contributed by atoms with van der Waals surface area (Å²) in [6, 6.07) is 0. The number of hydrazone groups is 1. The molecule has 4 N–H and O–H groups in total. The largest absolute Gasteiger partial charge is 0.355 e. The lowest BCUT2D eigenvalue weighted by Crippen LogP contribution is -2.31. The Balaban J connectivity index is 1.77. The third-order valence-electron chi connectivity index (χ3n) is 2.91. The van der Waals surface area contributed by atoms with E-state index in [-0.39, 0.29) is 12.4 Å². The molecule has 0 radical (unpaired) electrons. The lowest BCUT2D eigenvalue weighted by Gasteiger charge is -2.11. The number of aromatic amines is 2. The smallest absolute Gasteiger partial charge is 0.342 e. The number of hydrogen-bond donors (Lipinski definition) is 4. The second-order valence-corrected chi connectivity index (χ2v) is 4.57. The van der Waals surface area contributed by atoms with Crippen LogP contribution in [0.2, 0.25) is 0 Å². The van der Waals surface area contributed by atoms with Crippen LogP contribution < -0.4 is 22.0 Å². The summed E-state index contributed by atoms with van der Waals surface area (Å²) in [5.41, 5.74) is 0.965. The van der Waals surface area contributed by atoms with Crippen LogP contribution >= 0.6 is 0 Å². The van der Waals surface area contributed by atoms with Crippen molar-refractivity contribution in [3.63, 3.8) is 0 Å². The Morgan fingerprint density at radius 3 is 3.05 bits per heavy atom. The summed E-state index contributed by atoms with van der Waals surface area (Å²) >= 11 is 0. The van der Waals surface area contributed by atoms with Gasteiger partial charge in [0.25, 0.3) is 11.5 Å². The van der Waals surface area contributed by atoms with Crippen molar-refractivity contribution < 1.29 is 4.79 Å². The van der Waals surface area contributed by atoms with Crippen LogP contribution in [0.3, 0.4) is 0 Å². The zero-order chi connectivity index (χ0) is 15.1. The van der Waals surface area contributed by atoms with Gasteiger partial charge in [0.2, 0.25) is 5.82 Å². The third kappa shape index (κ3) is 4.71. The molecule has 9 nitrogen and oxygen atoms in total. The fourth-order valence-electron chi connectivity index (χ4n) is 1.84. The number of anilines is 1. The van der Waals surface area contributed by atoms with Crippen molar-refractivity contribution in [2.75, 3.05) is 11.9 Å². The second kappa shape index (κ2) is 7.17. The quantitative estimate of drug-likeness (QED) is 0.324. The lowest BCUT2D eigenvalue weighted by atomic mass is 9.96. The van der Waals surface area contributed by atoms with Crippen molar-refractivity contribution in [1.82, 2.24) is 20.6 Å². The summed E-state index contributed by atoms with van der Waals surface area (Å²) in [4.78, 5) is 35.6. The van der Waals surface area contributed by atoms with Crippen LogP contribution in [0, 0.1) is 5.92 Å². The van der Waals surface area contributed by atoms with Crippen molar-refractivity contribution in [3.05, 3.63) is 33.0 Å². The molecule has 0 unspecified atom stereocenters. The number of nitrogens with zero attached hydrogens (tertiary/aromatic N) is 2. The fourth-order valence-corrected chi connectivity index (χ4v) is 1.84. The summed E-state index contributed by atoms with van der Waals surface area (Å²) < 4.78 is 0. The lowest BCUT2D eigenvalue weighted by molar-refractivity contribution is -0.119. The number of nitrogens with one attached hydrogen (secondary N) is 4. The van der Waals surface area contributed by atoms with Crippen molar-refractivity contribution in [1.29, 1.82) is 0 Å². The van der Waals surface area contributed by atoms with E-state index in [9.17, 15) is 14.4 Å². The molecule has 1 aliphatic carbocycles. The van der Waals surface area contributed by atoms with E-state index in [1.165, 1.54) is 0 Å². The van der Waals surface area contributed by atoms with Gasteiger partial charge in [-0.15, -0.1) is 5.10 Å². The number of hydrogen-bond acceptors (Lipinski definition) is 6. The summed E-state index contributed by atoms with van der Waals surface area (Å²) in [5, 5.41) is 11.9. The molecule has 1 heterocycles. The molecule has 0 saturated carbocycles. The van der Waals surface area contributed by atoms with Gasteiger partial charge in [-0.25, -0.2) is 15.3 Å². The molecular weight excluding hydrogens is 276 g/mol. The molecule has 112 valence electrons. The van der Waals surface area contributed by atoms with Gasteiger partial charge in [-0.1, -0.05) is 12.2 Å². The molecule has 0 spiro atoms. The van der Waals surface area contributed by atoms with Crippen LogP contribution in [-0.2, 0) is 4.79 Å². The van der Waals surface area contributed by atoms with Crippen LogP contribution in [0.4, 0.5) is 5.82 Å². The molecule has 1 aliphatic rings. The Kier molecular flexibility index (Phi) is 5.02. The van der Waals surface area contributed by atoms with Crippen LogP contribution in [0.5, 0.6) is 0 Å². The first-order valence-electron chi connectivity index (χ1n) is 6.55. The van der Waals surface area contributed by atoms with Crippen molar-refractivity contribution in [3.8, 4) is 0 Å². The van der Waals surface area contributed by atoms with E-state index in [4.69, 9.17) is 0 Å². The summed E-state index contributed by atoms with van der Waals surface area (Å²) in [5.74, 6) is -0.205. The summed E-state index contributed by atoms with van der Waals surface area (Å²) in [6.45, 7) is -0.177. The molecule has 1 amide bonds. The molecule has 1 aromatic heterocycles. The van der Waals surface area contributed by atoms with Crippen LogP contribution in [-0.4, -0.2) is 33.8 Å². The highest BCUT2D eigenvalue weighted by molar-refractivity contribution is 5.80. The molecule has 0 aromatic carbocycles. The monoisotopic (exact) mass is 292 g/mol. The second-order valence-electron chi connectivity index (χ2n) is 4.57. The van der Waals surface area contributed by atoms with E-state index in [1.54, 1.807) is 6.21 Å². The van der Waals surface area contributed by atoms with Gasteiger partial charge in [-0.2, -0.15) is 5.10 Å². The zero-order valence-corrected chi connectivity index (χ0v) is 11.3. The number of amides is 1. The van der Waals surface area contributed by atoms with E-state index in [0.29, 0.717) is 5.92 Å². The standard InChI is InChI=1S/C12H16N6O3/c19-9(16-14-6-8-4-2-1-3-5-8)7-13-10-11(20)15-12(21)18-17-10/h1-2,6,8H,3-5,7H2,(H,13,17)(H,16,19)(H2,15,18,20,21)/b14-6-/t8-/m1/s1. The number of H-pyrrole nitrogens is 2. The molecule has 1 atom stereocenters. The Labute approximate surface area is 119 Å². The Morgan fingerprint density at radius 1 is 1.48 bits per heavy atom. The minimum Gasteiger partial charge on any atom is -0.355 e. The summed E-state index contributed by atoms with van der Waals surface area (Å²) in [7, 11) is 0. The van der Waals surface area contributed by atoms with Crippen molar-refractivity contribution in [2.45, 2.75) is 19.3 Å². The topological polar surface area (TPSA) is 132 Å². The van der Waals surface area contributed by atoms with E-state index in [2.05, 4.69) is 38.2 Å². The minimum absolute atomic E-state index is 0.133. The predicted molar refractivity (Wildman–Crippen MR) is 77.1 cm³/mol. The molecule has 0 aliphatic heterocycles. The average molecular weight is 292 g/mol. The number of rotatable bonds is 5. The third-order valence-corrected chi connectivity index (χ3v) is 2.91. The highest BCUT2D eigenvalue weighted by atomic mass is 16.2. The maximum absolute atomic E-state index is 11.5. The molecule has 9 heteroatoms. The van der Waals surface area contributed by atoms with E-state index >= 15 is 0 Å². The molecule has 0 saturated heterocycles. The molecular formula is C12H16N6O3. The van der Waals surface area contributed by atoms with Gasteiger partial charge >= 0.3 is 5.69 Å². The Bertz CT molecular complexity index is 659. The minimum atomic E-state index is -0.707. The SMILES string of the molecule is O=C(CNc1n[nH]c(=O)[nH]c1=O)N/N=C\[C@@H]1CC=CCC1. The van der Waals surface area contributed by atoms with Gasteiger partial charge in [0.15, 0.2) is 0 Å². The van der Waals surface area contributed by atoms with Gasteiger partial charge in [-0.3, -0.25) is 14.6 Å². The number of aromatic nitrogens is 3. The first-order valence-corrected chi connectivity index (χ1v) is 6.55. The van der Waals surface area contributed by atoms with Gasteiger partial charge < -0.3 is 5.32 Å². The summed E-state index contributed by atoms with van der Waals surface area (Å²) in [6.07, 6.45) is 8.90.